The van der Waals surface area contributed by atoms with Crippen LogP contribution in [0.15, 0.2) is 29.2 Å². The predicted octanol–water partition coefficient (Wildman–Crippen LogP) is 1.12. The SMILES string of the molecule is Cc1ccccc1S(=O)(=O)N1CCC(OCCN)CC1. The minimum absolute atomic E-state index is 0.127. The lowest BCUT2D eigenvalue weighted by Gasteiger charge is -2.31. The molecule has 0 radical (unpaired) electrons. The van der Waals surface area contributed by atoms with Gasteiger partial charge in [0.05, 0.1) is 17.6 Å². The van der Waals surface area contributed by atoms with E-state index in [1.54, 1.807) is 16.4 Å². The number of sulfonamides is 1. The first kappa shape index (κ1) is 15.4. The zero-order chi connectivity index (χ0) is 14.6. The van der Waals surface area contributed by atoms with Gasteiger partial charge in [0.1, 0.15) is 0 Å². The summed E-state index contributed by atoms with van der Waals surface area (Å²) in [5, 5.41) is 0. The first-order chi connectivity index (χ1) is 9.55. The fourth-order valence-electron chi connectivity index (χ4n) is 2.46. The highest BCUT2D eigenvalue weighted by Crippen LogP contribution is 2.23. The van der Waals surface area contributed by atoms with Crippen molar-refractivity contribution >= 4 is 10.0 Å². The van der Waals surface area contributed by atoms with E-state index in [0.717, 1.165) is 18.4 Å². The number of rotatable bonds is 5. The van der Waals surface area contributed by atoms with Gasteiger partial charge in [0.2, 0.25) is 10.0 Å². The second-order valence-electron chi connectivity index (χ2n) is 5.03. The van der Waals surface area contributed by atoms with Gasteiger partial charge in [0.25, 0.3) is 0 Å². The third-order valence-electron chi connectivity index (χ3n) is 3.58. The molecule has 1 aliphatic rings. The Bertz CT molecular complexity index is 537. The van der Waals surface area contributed by atoms with Crippen molar-refractivity contribution in [2.24, 2.45) is 5.73 Å². The minimum Gasteiger partial charge on any atom is -0.377 e. The lowest BCUT2D eigenvalue weighted by atomic mass is 10.1. The maximum Gasteiger partial charge on any atom is 0.243 e. The van der Waals surface area contributed by atoms with Gasteiger partial charge in [0, 0.05) is 19.6 Å². The van der Waals surface area contributed by atoms with Crippen LogP contribution in [0, 0.1) is 6.92 Å². The zero-order valence-corrected chi connectivity index (χ0v) is 12.6. The maximum atomic E-state index is 12.6. The molecule has 0 amide bonds. The van der Waals surface area contributed by atoms with E-state index in [4.69, 9.17) is 10.5 Å². The van der Waals surface area contributed by atoms with E-state index in [1.165, 1.54) is 0 Å². The quantitative estimate of drug-likeness (QED) is 0.884. The van der Waals surface area contributed by atoms with Crippen molar-refractivity contribution in [1.29, 1.82) is 0 Å². The third kappa shape index (κ3) is 3.38. The molecule has 0 spiro atoms. The standard InChI is InChI=1S/C14H22N2O3S/c1-12-4-2-3-5-14(12)20(17,18)16-9-6-13(7-10-16)19-11-8-15/h2-5,13H,6-11,15H2,1H3. The highest BCUT2D eigenvalue weighted by molar-refractivity contribution is 7.89. The number of benzene rings is 1. The Labute approximate surface area is 120 Å². The average molecular weight is 298 g/mol. The lowest BCUT2D eigenvalue weighted by molar-refractivity contribution is 0.0257. The highest BCUT2D eigenvalue weighted by Gasteiger charge is 2.30. The topological polar surface area (TPSA) is 72.6 Å². The van der Waals surface area contributed by atoms with Crippen molar-refractivity contribution < 1.29 is 13.2 Å². The number of hydrogen-bond acceptors (Lipinski definition) is 4. The van der Waals surface area contributed by atoms with E-state index < -0.39 is 10.0 Å². The molecule has 0 aromatic heterocycles. The summed E-state index contributed by atoms with van der Waals surface area (Å²) in [5.41, 5.74) is 6.19. The van der Waals surface area contributed by atoms with Gasteiger partial charge in [-0.3, -0.25) is 0 Å². The van der Waals surface area contributed by atoms with Crippen LogP contribution in [0.1, 0.15) is 18.4 Å². The average Bonchev–Trinajstić information content (AvgIpc) is 2.46. The van der Waals surface area contributed by atoms with E-state index >= 15 is 0 Å². The molecule has 0 aliphatic carbocycles. The Hall–Kier alpha value is -0.950. The van der Waals surface area contributed by atoms with Crippen molar-refractivity contribution in [2.45, 2.75) is 30.8 Å². The second kappa shape index (κ2) is 6.67. The van der Waals surface area contributed by atoms with Crippen molar-refractivity contribution in [3.05, 3.63) is 29.8 Å². The van der Waals surface area contributed by atoms with Gasteiger partial charge < -0.3 is 10.5 Å². The molecule has 20 heavy (non-hydrogen) atoms. The normalized spacial score (nSPS) is 18.3. The minimum atomic E-state index is -3.38. The molecule has 1 saturated heterocycles. The van der Waals surface area contributed by atoms with Crippen molar-refractivity contribution in [3.8, 4) is 0 Å². The summed E-state index contributed by atoms with van der Waals surface area (Å²) in [6.07, 6.45) is 1.58. The van der Waals surface area contributed by atoms with E-state index in [0.29, 0.717) is 31.1 Å². The molecule has 1 fully saturated rings. The third-order valence-corrected chi connectivity index (χ3v) is 5.64. The maximum absolute atomic E-state index is 12.6. The molecule has 0 atom stereocenters. The Morgan fingerprint density at radius 2 is 1.95 bits per heavy atom. The Morgan fingerprint density at radius 3 is 2.55 bits per heavy atom. The summed E-state index contributed by atoms with van der Waals surface area (Å²) in [7, 11) is -3.38. The van der Waals surface area contributed by atoms with E-state index in [1.807, 2.05) is 19.1 Å². The Morgan fingerprint density at radius 1 is 1.30 bits per heavy atom. The van der Waals surface area contributed by atoms with Gasteiger partial charge in [0.15, 0.2) is 0 Å². The molecule has 1 aromatic carbocycles. The van der Waals surface area contributed by atoms with Crippen LogP contribution in [-0.4, -0.2) is 45.1 Å². The molecular weight excluding hydrogens is 276 g/mol. The summed E-state index contributed by atoms with van der Waals surface area (Å²) in [6.45, 7) is 3.87. The summed E-state index contributed by atoms with van der Waals surface area (Å²) >= 11 is 0. The Kier molecular flexibility index (Phi) is 5.15. The fraction of sp³-hybridized carbons (Fsp3) is 0.571. The summed E-state index contributed by atoms with van der Waals surface area (Å²) in [4.78, 5) is 0.404. The van der Waals surface area contributed by atoms with Gasteiger partial charge in [-0.25, -0.2) is 8.42 Å². The number of aryl methyl sites for hydroxylation is 1. The van der Waals surface area contributed by atoms with Gasteiger partial charge in [-0.15, -0.1) is 0 Å². The smallest absolute Gasteiger partial charge is 0.243 e. The molecule has 1 aliphatic heterocycles. The van der Waals surface area contributed by atoms with Crippen LogP contribution < -0.4 is 5.73 Å². The first-order valence-electron chi connectivity index (χ1n) is 6.93. The van der Waals surface area contributed by atoms with Crippen LogP contribution in [0.5, 0.6) is 0 Å². The van der Waals surface area contributed by atoms with Crippen molar-refractivity contribution in [1.82, 2.24) is 4.31 Å². The molecule has 2 rings (SSSR count). The van der Waals surface area contributed by atoms with Crippen LogP contribution in [-0.2, 0) is 14.8 Å². The number of ether oxygens (including phenoxy) is 1. The molecule has 2 N–H and O–H groups in total. The van der Waals surface area contributed by atoms with Gasteiger partial charge in [-0.05, 0) is 31.4 Å². The highest BCUT2D eigenvalue weighted by atomic mass is 32.2. The summed E-state index contributed by atoms with van der Waals surface area (Å²) < 4.78 is 32.3. The van der Waals surface area contributed by atoms with Gasteiger partial charge in [-0.1, -0.05) is 18.2 Å². The molecule has 112 valence electrons. The molecule has 1 aromatic rings. The number of nitrogens with two attached hydrogens (primary N) is 1. The predicted molar refractivity (Wildman–Crippen MR) is 78.0 cm³/mol. The van der Waals surface area contributed by atoms with Crippen LogP contribution in [0.25, 0.3) is 0 Å². The number of nitrogens with zero attached hydrogens (tertiary/aromatic N) is 1. The number of hydrogen-bond donors (Lipinski definition) is 1. The van der Waals surface area contributed by atoms with Gasteiger partial charge >= 0.3 is 0 Å². The largest absolute Gasteiger partial charge is 0.377 e. The number of piperidine rings is 1. The fourth-order valence-corrected chi connectivity index (χ4v) is 4.15. The van der Waals surface area contributed by atoms with Crippen LogP contribution in [0.2, 0.25) is 0 Å². The molecule has 0 saturated carbocycles. The molecular formula is C14H22N2O3S. The second-order valence-corrected chi connectivity index (χ2v) is 6.93. The van der Waals surface area contributed by atoms with Gasteiger partial charge in [-0.2, -0.15) is 4.31 Å². The lowest BCUT2D eigenvalue weighted by Crippen LogP contribution is -2.41. The van der Waals surface area contributed by atoms with Crippen LogP contribution in [0.4, 0.5) is 0 Å². The molecule has 1 heterocycles. The van der Waals surface area contributed by atoms with E-state index in [-0.39, 0.29) is 6.10 Å². The van der Waals surface area contributed by atoms with Crippen molar-refractivity contribution in [3.63, 3.8) is 0 Å². The summed E-state index contributed by atoms with van der Waals surface area (Å²) in [5.74, 6) is 0. The monoisotopic (exact) mass is 298 g/mol. The molecule has 6 heteroatoms. The zero-order valence-electron chi connectivity index (χ0n) is 11.8. The van der Waals surface area contributed by atoms with Crippen LogP contribution >= 0.6 is 0 Å². The van der Waals surface area contributed by atoms with Crippen LogP contribution in [0.3, 0.4) is 0 Å². The molecule has 0 bridgehead atoms. The first-order valence-corrected chi connectivity index (χ1v) is 8.37. The summed E-state index contributed by atoms with van der Waals surface area (Å²) in [6, 6.07) is 7.10. The molecule has 0 unspecified atom stereocenters. The van der Waals surface area contributed by atoms with Crippen molar-refractivity contribution in [2.75, 3.05) is 26.2 Å². The Balaban J connectivity index is 2.04. The van der Waals surface area contributed by atoms with E-state index in [9.17, 15) is 8.42 Å². The molecule has 5 nitrogen and oxygen atoms in total. The van der Waals surface area contributed by atoms with E-state index in [2.05, 4.69) is 0 Å².